The second-order valence-corrected chi connectivity index (χ2v) is 8.69. The smallest absolute Gasteiger partial charge is 0.0346 e. The fourth-order valence-corrected chi connectivity index (χ4v) is 4.49. The third-order valence-electron chi connectivity index (χ3n) is 6.31. The molecule has 0 aliphatic carbocycles. The third-order valence-corrected chi connectivity index (χ3v) is 6.31. The van der Waals surface area contributed by atoms with E-state index < -0.39 is 0 Å². The van der Waals surface area contributed by atoms with Crippen molar-refractivity contribution in [2.75, 3.05) is 0 Å². The molecule has 0 N–H and O–H groups in total. The molecule has 3 heteroatoms. The largest absolute Gasteiger partial charge is 0.305 e. The number of benzene rings is 4. The van der Waals surface area contributed by atoms with Crippen LogP contribution in [0.25, 0.3) is 55.8 Å². The molecule has 0 aliphatic rings. The fraction of sp³-hybridized carbons (Fsp3) is 0. The first-order valence-electron chi connectivity index (χ1n) is 12.0. The van der Waals surface area contributed by atoms with E-state index in [9.17, 15) is 0 Å². The van der Waals surface area contributed by atoms with Crippen LogP contribution >= 0.6 is 0 Å². The zero-order valence-electron chi connectivity index (χ0n) is 20.0. The summed E-state index contributed by atoms with van der Waals surface area (Å²) in [5, 5.41) is 0. The molecular weight excluding hydrogens is 629 g/mol. The summed E-state index contributed by atoms with van der Waals surface area (Å²) in [4.78, 5) is 8.83. The second-order valence-electron chi connectivity index (χ2n) is 8.69. The van der Waals surface area contributed by atoms with Crippen molar-refractivity contribution in [1.29, 1.82) is 0 Å². The van der Waals surface area contributed by atoms with Crippen LogP contribution in [0.15, 0.2) is 140 Å². The van der Waals surface area contributed by atoms with Crippen LogP contribution in [0.3, 0.4) is 0 Å². The standard InChI is InChI=1S/C34H23N2.Ir/c1-2-9-25(10-3-1)31-21-32(23-33(22-31)30-15-8-17-35-24-30)28-13-6-11-26(19-28)27-12-7-14-29(20-27)34-16-4-5-18-36-34;/h1-13,15-24H;/q-1;. The Morgan fingerprint density at radius 2 is 1.08 bits per heavy atom. The van der Waals surface area contributed by atoms with Crippen LogP contribution in [-0.2, 0) is 20.1 Å². The van der Waals surface area contributed by atoms with Gasteiger partial charge < -0.3 is 4.98 Å². The molecule has 2 aromatic heterocycles. The van der Waals surface area contributed by atoms with Crippen molar-refractivity contribution in [2.24, 2.45) is 0 Å². The maximum Gasteiger partial charge on any atom is 0.0346 e. The van der Waals surface area contributed by atoms with Gasteiger partial charge in [0.05, 0.1) is 0 Å². The third kappa shape index (κ3) is 5.49. The first-order chi connectivity index (χ1) is 17.8. The predicted octanol–water partition coefficient (Wildman–Crippen LogP) is 8.61. The van der Waals surface area contributed by atoms with Gasteiger partial charge in [-0.1, -0.05) is 66.7 Å². The van der Waals surface area contributed by atoms with Crippen molar-refractivity contribution >= 4 is 0 Å². The van der Waals surface area contributed by atoms with Crippen molar-refractivity contribution < 1.29 is 20.1 Å². The van der Waals surface area contributed by atoms with E-state index in [1.165, 1.54) is 22.3 Å². The summed E-state index contributed by atoms with van der Waals surface area (Å²) < 4.78 is 0. The molecule has 0 saturated carbocycles. The average molecular weight is 652 g/mol. The molecule has 1 radical (unpaired) electrons. The summed E-state index contributed by atoms with van der Waals surface area (Å²) in [6, 6.07) is 45.6. The van der Waals surface area contributed by atoms with Gasteiger partial charge in [0.2, 0.25) is 0 Å². The van der Waals surface area contributed by atoms with Crippen molar-refractivity contribution in [3.05, 3.63) is 146 Å². The summed E-state index contributed by atoms with van der Waals surface area (Å²) in [6.07, 6.45) is 5.55. The van der Waals surface area contributed by atoms with Crippen molar-refractivity contribution in [2.45, 2.75) is 0 Å². The number of nitrogens with zero attached hydrogens (tertiary/aromatic N) is 2. The minimum Gasteiger partial charge on any atom is -0.305 e. The van der Waals surface area contributed by atoms with Gasteiger partial charge in [-0.2, -0.15) is 0 Å². The number of hydrogen-bond donors (Lipinski definition) is 0. The summed E-state index contributed by atoms with van der Waals surface area (Å²) in [6.45, 7) is 0. The zero-order valence-corrected chi connectivity index (χ0v) is 22.4. The van der Waals surface area contributed by atoms with Gasteiger partial charge in [0.15, 0.2) is 0 Å². The van der Waals surface area contributed by atoms with E-state index in [-0.39, 0.29) is 20.1 Å². The summed E-state index contributed by atoms with van der Waals surface area (Å²) in [5.74, 6) is 0. The fourth-order valence-electron chi connectivity index (χ4n) is 4.49. The van der Waals surface area contributed by atoms with E-state index in [0.717, 1.165) is 33.5 Å². The molecule has 6 rings (SSSR count). The van der Waals surface area contributed by atoms with Gasteiger partial charge in [0, 0.05) is 44.3 Å². The molecule has 0 atom stereocenters. The predicted molar refractivity (Wildman–Crippen MR) is 148 cm³/mol. The van der Waals surface area contributed by atoms with E-state index in [1.807, 2.05) is 48.9 Å². The summed E-state index contributed by atoms with van der Waals surface area (Å²) in [5.41, 5.74) is 11.2. The monoisotopic (exact) mass is 652 g/mol. The molecule has 0 amide bonds. The molecule has 2 heterocycles. The first-order valence-corrected chi connectivity index (χ1v) is 12.0. The van der Waals surface area contributed by atoms with Crippen molar-refractivity contribution in [3.63, 3.8) is 0 Å². The zero-order chi connectivity index (χ0) is 24.2. The minimum atomic E-state index is 0. The van der Waals surface area contributed by atoms with Crippen LogP contribution in [-0.4, -0.2) is 9.97 Å². The van der Waals surface area contributed by atoms with Gasteiger partial charge in [-0.25, -0.2) is 0 Å². The van der Waals surface area contributed by atoms with E-state index in [1.54, 1.807) is 0 Å². The Balaban J connectivity index is 0.00000280. The first kappa shape index (κ1) is 24.5. The van der Waals surface area contributed by atoms with Gasteiger partial charge in [0.25, 0.3) is 0 Å². The van der Waals surface area contributed by atoms with Gasteiger partial charge in [-0.3, -0.25) is 4.98 Å². The van der Waals surface area contributed by atoms with E-state index >= 15 is 0 Å². The number of pyridine rings is 2. The Bertz CT molecular complexity index is 1560. The molecule has 4 aromatic carbocycles. The van der Waals surface area contributed by atoms with Crippen LogP contribution in [0.4, 0.5) is 0 Å². The van der Waals surface area contributed by atoms with E-state index in [2.05, 4.69) is 107 Å². The van der Waals surface area contributed by atoms with Gasteiger partial charge >= 0.3 is 0 Å². The Kier molecular flexibility index (Phi) is 7.46. The molecule has 2 nitrogen and oxygen atoms in total. The van der Waals surface area contributed by atoms with Gasteiger partial charge in [-0.05, 0) is 75.5 Å². The van der Waals surface area contributed by atoms with Crippen LogP contribution in [0.2, 0.25) is 0 Å². The number of hydrogen-bond acceptors (Lipinski definition) is 2. The Morgan fingerprint density at radius 3 is 1.81 bits per heavy atom. The molecule has 6 aromatic rings. The topological polar surface area (TPSA) is 25.8 Å². The maximum atomic E-state index is 4.49. The Morgan fingerprint density at radius 1 is 0.459 bits per heavy atom. The second kappa shape index (κ2) is 11.3. The van der Waals surface area contributed by atoms with Crippen LogP contribution in [0, 0.1) is 6.07 Å². The molecule has 0 unspecified atom stereocenters. The normalized spacial score (nSPS) is 10.5. The summed E-state index contributed by atoms with van der Waals surface area (Å²) in [7, 11) is 0. The molecule has 0 aliphatic heterocycles. The molecule has 179 valence electrons. The van der Waals surface area contributed by atoms with Gasteiger partial charge in [-0.15, -0.1) is 35.4 Å². The van der Waals surface area contributed by atoms with Gasteiger partial charge in [0.1, 0.15) is 0 Å². The van der Waals surface area contributed by atoms with Crippen LogP contribution in [0.1, 0.15) is 0 Å². The van der Waals surface area contributed by atoms with Crippen LogP contribution in [0.5, 0.6) is 0 Å². The minimum absolute atomic E-state index is 0. The molecule has 37 heavy (non-hydrogen) atoms. The van der Waals surface area contributed by atoms with Crippen molar-refractivity contribution in [3.8, 4) is 55.8 Å². The van der Waals surface area contributed by atoms with Crippen molar-refractivity contribution in [1.82, 2.24) is 9.97 Å². The number of aromatic nitrogens is 2. The SMILES string of the molecule is [Ir].[c-]1ccc(-c2cccc(-c3cc(-c4ccccc4)cc(-c4cccnc4)c3)c2)cc1-c1ccccn1. The number of rotatable bonds is 5. The molecule has 0 bridgehead atoms. The average Bonchev–Trinajstić information content (AvgIpc) is 2.98. The summed E-state index contributed by atoms with van der Waals surface area (Å²) >= 11 is 0. The van der Waals surface area contributed by atoms with E-state index in [0.29, 0.717) is 0 Å². The molecular formula is C34H23IrN2-. The molecule has 0 saturated heterocycles. The molecule has 0 spiro atoms. The Hall–Kier alpha value is -4.17. The molecule has 0 fully saturated rings. The van der Waals surface area contributed by atoms with E-state index in [4.69, 9.17) is 0 Å². The van der Waals surface area contributed by atoms with Crippen LogP contribution < -0.4 is 0 Å². The maximum absolute atomic E-state index is 4.49. The quantitative estimate of drug-likeness (QED) is 0.175. The Labute approximate surface area is 231 Å².